The van der Waals surface area contributed by atoms with Crippen LogP contribution in [0.2, 0.25) is 0 Å². The van der Waals surface area contributed by atoms with E-state index in [0.29, 0.717) is 17.9 Å². The third-order valence-electron chi connectivity index (χ3n) is 4.27. The lowest BCUT2D eigenvalue weighted by molar-refractivity contribution is 0.247. The number of benzene rings is 1. The summed E-state index contributed by atoms with van der Waals surface area (Å²) in [5, 5.41) is 3.40. The van der Waals surface area contributed by atoms with Crippen molar-refractivity contribution in [3.8, 4) is 5.75 Å². The molecule has 0 saturated heterocycles. The molecule has 0 aromatic heterocycles. The van der Waals surface area contributed by atoms with Gasteiger partial charge in [-0.05, 0) is 30.9 Å². The molecule has 2 rings (SSSR count). The van der Waals surface area contributed by atoms with Crippen LogP contribution in [0.3, 0.4) is 0 Å². The topological polar surface area (TPSA) is 21.3 Å². The zero-order chi connectivity index (χ0) is 13.7. The minimum Gasteiger partial charge on any atom is -0.494 e. The van der Waals surface area contributed by atoms with E-state index in [1.54, 1.807) is 6.07 Å². The molecule has 1 aliphatic rings. The summed E-state index contributed by atoms with van der Waals surface area (Å²) in [7, 11) is 1.50. The van der Waals surface area contributed by atoms with E-state index < -0.39 is 0 Å². The van der Waals surface area contributed by atoms with Crippen molar-refractivity contribution in [2.45, 2.75) is 39.2 Å². The molecule has 1 saturated carbocycles. The van der Waals surface area contributed by atoms with Gasteiger partial charge in [-0.1, -0.05) is 38.3 Å². The minimum absolute atomic E-state index is 0.241. The maximum atomic E-state index is 14.0. The normalized spacial score (nSPS) is 23.3. The SMILES string of the molecule is COc1cccc(CNCC2CCCCC2C)c1F. The van der Waals surface area contributed by atoms with E-state index in [-0.39, 0.29) is 5.82 Å². The fraction of sp³-hybridized carbons (Fsp3) is 0.625. The van der Waals surface area contributed by atoms with E-state index in [9.17, 15) is 4.39 Å². The first-order chi connectivity index (χ1) is 9.22. The Kier molecular flexibility index (Phi) is 5.20. The van der Waals surface area contributed by atoms with Gasteiger partial charge in [-0.15, -0.1) is 0 Å². The first kappa shape index (κ1) is 14.3. The van der Waals surface area contributed by atoms with Gasteiger partial charge in [0.25, 0.3) is 0 Å². The van der Waals surface area contributed by atoms with Crippen LogP contribution < -0.4 is 10.1 Å². The van der Waals surface area contributed by atoms with E-state index in [1.165, 1.54) is 32.8 Å². The lowest BCUT2D eigenvalue weighted by Crippen LogP contribution is -2.29. The summed E-state index contributed by atoms with van der Waals surface area (Å²) in [4.78, 5) is 0. The highest BCUT2D eigenvalue weighted by molar-refractivity contribution is 5.30. The average Bonchev–Trinajstić information content (AvgIpc) is 2.43. The van der Waals surface area contributed by atoms with Crippen molar-refractivity contribution in [2.24, 2.45) is 11.8 Å². The number of hydrogen-bond donors (Lipinski definition) is 1. The summed E-state index contributed by atoms with van der Waals surface area (Å²) in [6, 6.07) is 5.30. The fourth-order valence-corrected chi connectivity index (χ4v) is 2.94. The molecule has 0 heterocycles. The lowest BCUT2D eigenvalue weighted by Gasteiger charge is -2.29. The molecule has 1 aromatic carbocycles. The quantitative estimate of drug-likeness (QED) is 0.875. The fourth-order valence-electron chi connectivity index (χ4n) is 2.94. The largest absolute Gasteiger partial charge is 0.494 e. The molecule has 2 atom stereocenters. The Hall–Kier alpha value is -1.09. The van der Waals surface area contributed by atoms with Gasteiger partial charge >= 0.3 is 0 Å². The Bertz CT molecular complexity index is 408. The molecule has 1 aliphatic carbocycles. The van der Waals surface area contributed by atoms with Crippen LogP contribution >= 0.6 is 0 Å². The van der Waals surface area contributed by atoms with Gasteiger partial charge in [0.05, 0.1) is 7.11 Å². The molecule has 2 unspecified atom stereocenters. The van der Waals surface area contributed by atoms with Gasteiger partial charge < -0.3 is 10.1 Å². The van der Waals surface area contributed by atoms with Crippen molar-refractivity contribution in [3.05, 3.63) is 29.6 Å². The van der Waals surface area contributed by atoms with Crippen molar-refractivity contribution >= 4 is 0 Å². The van der Waals surface area contributed by atoms with Gasteiger partial charge in [0.1, 0.15) is 0 Å². The van der Waals surface area contributed by atoms with Crippen LogP contribution in [0.25, 0.3) is 0 Å². The number of ether oxygens (including phenoxy) is 1. The summed E-state index contributed by atoms with van der Waals surface area (Å²) in [5.74, 6) is 1.61. The van der Waals surface area contributed by atoms with Crippen LogP contribution in [-0.2, 0) is 6.54 Å². The standard InChI is InChI=1S/C16H24FNO/c1-12-6-3-4-7-13(12)10-18-11-14-8-5-9-15(19-2)16(14)17/h5,8-9,12-13,18H,3-4,6-7,10-11H2,1-2H3. The Balaban J connectivity index is 1.85. The molecule has 1 fully saturated rings. The second-order valence-electron chi connectivity index (χ2n) is 5.59. The van der Waals surface area contributed by atoms with Crippen LogP contribution in [0.1, 0.15) is 38.2 Å². The number of rotatable bonds is 5. The third-order valence-corrected chi connectivity index (χ3v) is 4.27. The second-order valence-corrected chi connectivity index (χ2v) is 5.59. The smallest absolute Gasteiger partial charge is 0.169 e. The molecular weight excluding hydrogens is 241 g/mol. The Morgan fingerprint density at radius 3 is 2.84 bits per heavy atom. The molecule has 0 amide bonds. The maximum Gasteiger partial charge on any atom is 0.169 e. The molecule has 1 N–H and O–H groups in total. The van der Waals surface area contributed by atoms with Crippen molar-refractivity contribution < 1.29 is 9.13 Å². The monoisotopic (exact) mass is 265 g/mol. The molecule has 2 nitrogen and oxygen atoms in total. The molecule has 106 valence electrons. The first-order valence-corrected chi connectivity index (χ1v) is 7.24. The van der Waals surface area contributed by atoms with Crippen molar-refractivity contribution in [3.63, 3.8) is 0 Å². The number of hydrogen-bond acceptors (Lipinski definition) is 2. The van der Waals surface area contributed by atoms with Crippen LogP contribution in [-0.4, -0.2) is 13.7 Å². The van der Waals surface area contributed by atoms with E-state index in [4.69, 9.17) is 4.74 Å². The maximum absolute atomic E-state index is 14.0. The van der Waals surface area contributed by atoms with Gasteiger partial charge in [-0.25, -0.2) is 4.39 Å². The predicted molar refractivity (Wildman–Crippen MR) is 75.8 cm³/mol. The predicted octanol–water partition coefficient (Wildman–Crippen LogP) is 3.75. The molecule has 3 heteroatoms. The van der Waals surface area contributed by atoms with Crippen LogP contribution in [0.15, 0.2) is 18.2 Å². The Morgan fingerprint density at radius 1 is 1.32 bits per heavy atom. The number of nitrogens with one attached hydrogen (secondary N) is 1. The summed E-state index contributed by atoms with van der Waals surface area (Å²) >= 11 is 0. The molecule has 0 spiro atoms. The highest BCUT2D eigenvalue weighted by Gasteiger charge is 2.20. The minimum atomic E-state index is -0.241. The van der Waals surface area contributed by atoms with Crippen molar-refractivity contribution in [1.29, 1.82) is 0 Å². The van der Waals surface area contributed by atoms with E-state index in [1.807, 2.05) is 12.1 Å². The number of methoxy groups -OCH3 is 1. The first-order valence-electron chi connectivity index (χ1n) is 7.24. The summed E-state index contributed by atoms with van der Waals surface area (Å²) in [6.45, 7) is 3.89. The Labute approximate surface area is 115 Å². The molecule has 1 aromatic rings. The second kappa shape index (κ2) is 6.90. The lowest BCUT2D eigenvalue weighted by atomic mass is 9.80. The summed E-state index contributed by atoms with van der Waals surface area (Å²) in [6.07, 6.45) is 5.33. The van der Waals surface area contributed by atoms with Crippen LogP contribution in [0.4, 0.5) is 4.39 Å². The van der Waals surface area contributed by atoms with Gasteiger partial charge in [0, 0.05) is 12.1 Å². The summed E-state index contributed by atoms with van der Waals surface area (Å²) < 4.78 is 18.9. The highest BCUT2D eigenvalue weighted by atomic mass is 19.1. The molecule has 19 heavy (non-hydrogen) atoms. The van der Waals surface area contributed by atoms with Gasteiger partial charge in [0.15, 0.2) is 11.6 Å². The summed E-state index contributed by atoms with van der Waals surface area (Å²) in [5.41, 5.74) is 0.683. The van der Waals surface area contributed by atoms with Crippen molar-refractivity contribution in [1.82, 2.24) is 5.32 Å². The number of halogens is 1. The molecule has 0 radical (unpaired) electrons. The molecule has 0 aliphatic heterocycles. The van der Waals surface area contributed by atoms with Gasteiger partial charge in [0.2, 0.25) is 0 Å². The Morgan fingerprint density at radius 2 is 2.11 bits per heavy atom. The molecular formula is C16H24FNO. The average molecular weight is 265 g/mol. The van der Waals surface area contributed by atoms with Crippen LogP contribution in [0.5, 0.6) is 5.75 Å². The van der Waals surface area contributed by atoms with Gasteiger partial charge in [-0.2, -0.15) is 0 Å². The molecule has 0 bridgehead atoms. The highest BCUT2D eigenvalue weighted by Crippen LogP contribution is 2.29. The zero-order valence-corrected chi connectivity index (χ0v) is 11.9. The van der Waals surface area contributed by atoms with Crippen molar-refractivity contribution in [2.75, 3.05) is 13.7 Å². The zero-order valence-electron chi connectivity index (χ0n) is 11.9. The van der Waals surface area contributed by atoms with Gasteiger partial charge in [-0.3, -0.25) is 0 Å². The van der Waals surface area contributed by atoms with E-state index in [2.05, 4.69) is 12.2 Å². The van der Waals surface area contributed by atoms with E-state index in [0.717, 1.165) is 18.4 Å². The third kappa shape index (κ3) is 3.69. The van der Waals surface area contributed by atoms with Crippen LogP contribution in [0, 0.1) is 17.7 Å². The van der Waals surface area contributed by atoms with E-state index >= 15 is 0 Å².